The van der Waals surface area contributed by atoms with Crippen LogP contribution >= 0.6 is 0 Å². The average Bonchev–Trinajstić information content (AvgIpc) is 2.85. The van der Waals surface area contributed by atoms with E-state index in [4.69, 9.17) is 0 Å². The zero-order valence-electron chi connectivity index (χ0n) is 18.0. The van der Waals surface area contributed by atoms with Gasteiger partial charge in [-0.3, -0.25) is 9.69 Å². The molecule has 0 aliphatic carbocycles. The summed E-state index contributed by atoms with van der Waals surface area (Å²) in [6, 6.07) is 23.4. The van der Waals surface area contributed by atoms with Gasteiger partial charge in [0, 0.05) is 45.5 Å². The van der Waals surface area contributed by atoms with E-state index in [1.807, 2.05) is 17.0 Å². The van der Waals surface area contributed by atoms with Gasteiger partial charge in [0.1, 0.15) is 11.6 Å². The molecule has 31 heavy (non-hydrogen) atoms. The molecule has 160 valence electrons. The molecule has 2 fully saturated rings. The number of benzene rings is 2. The van der Waals surface area contributed by atoms with E-state index in [0.29, 0.717) is 13.1 Å². The van der Waals surface area contributed by atoms with Gasteiger partial charge in [0.15, 0.2) is 0 Å². The molecular weight excluding hydrogens is 384 g/mol. The minimum atomic E-state index is -0.135. The van der Waals surface area contributed by atoms with Gasteiger partial charge in [0.2, 0.25) is 0 Å². The van der Waals surface area contributed by atoms with E-state index in [0.717, 1.165) is 39.0 Å². The molecule has 4 rings (SSSR count). The monoisotopic (exact) mass is 414 g/mol. The van der Waals surface area contributed by atoms with Crippen LogP contribution in [0.5, 0.6) is 0 Å². The Hall–Kier alpha value is -3.10. The van der Waals surface area contributed by atoms with Crippen LogP contribution in [-0.4, -0.2) is 59.9 Å². The highest BCUT2D eigenvalue weighted by Gasteiger charge is 2.29. The summed E-state index contributed by atoms with van der Waals surface area (Å²) in [7, 11) is 0. The zero-order chi connectivity index (χ0) is 21.5. The molecule has 2 saturated heterocycles. The molecule has 2 aliphatic heterocycles. The molecule has 0 aromatic heterocycles. The van der Waals surface area contributed by atoms with E-state index in [2.05, 4.69) is 64.4 Å². The third kappa shape index (κ3) is 5.15. The van der Waals surface area contributed by atoms with E-state index in [9.17, 15) is 10.1 Å². The molecule has 2 aliphatic rings. The maximum Gasteiger partial charge on any atom is 0.266 e. The Labute approximate surface area is 185 Å². The van der Waals surface area contributed by atoms with Gasteiger partial charge in [-0.2, -0.15) is 5.26 Å². The Balaban J connectivity index is 1.45. The van der Waals surface area contributed by atoms with Crippen LogP contribution in [0.2, 0.25) is 0 Å². The predicted molar refractivity (Wildman–Crippen MR) is 122 cm³/mol. The lowest BCUT2D eigenvalue weighted by molar-refractivity contribution is -0.128. The molecule has 0 saturated carbocycles. The van der Waals surface area contributed by atoms with Gasteiger partial charge >= 0.3 is 0 Å². The second-order valence-corrected chi connectivity index (χ2v) is 8.30. The van der Waals surface area contributed by atoms with Crippen molar-refractivity contribution < 1.29 is 4.79 Å². The van der Waals surface area contributed by atoms with Gasteiger partial charge in [-0.1, -0.05) is 60.7 Å². The maximum absolute atomic E-state index is 13.0. The van der Waals surface area contributed by atoms with Crippen LogP contribution in [-0.2, 0) is 4.79 Å². The topological polar surface area (TPSA) is 50.6 Å². The molecular formula is C26H30N4O. The summed E-state index contributed by atoms with van der Waals surface area (Å²) in [6.45, 7) is 4.69. The molecule has 5 heteroatoms. The largest absolute Gasteiger partial charge is 0.376 e. The minimum Gasteiger partial charge on any atom is -0.376 e. The lowest BCUT2D eigenvalue weighted by Crippen LogP contribution is -2.50. The number of hydrogen-bond donors (Lipinski definition) is 0. The average molecular weight is 415 g/mol. The highest BCUT2D eigenvalue weighted by atomic mass is 16.2. The van der Waals surface area contributed by atoms with Crippen molar-refractivity contribution in [2.24, 2.45) is 0 Å². The SMILES string of the molecule is N#C/C(=C/N1CCCCC1)C(=O)N1CCN(C(c2ccccc2)c2ccccc2)CC1. The highest BCUT2D eigenvalue weighted by Crippen LogP contribution is 2.29. The Bertz CT molecular complexity index is 881. The van der Waals surface area contributed by atoms with Gasteiger partial charge in [0.25, 0.3) is 5.91 Å². The number of amides is 1. The van der Waals surface area contributed by atoms with Crippen molar-refractivity contribution in [1.82, 2.24) is 14.7 Å². The van der Waals surface area contributed by atoms with Gasteiger partial charge in [0.05, 0.1) is 6.04 Å². The predicted octanol–water partition coefficient (Wildman–Crippen LogP) is 3.81. The van der Waals surface area contributed by atoms with Crippen LogP contribution in [0.25, 0.3) is 0 Å². The van der Waals surface area contributed by atoms with Crippen molar-refractivity contribution in [2.45, 2.75) is 25.3 Å². The lowest BCUT2D eigenvalue weighted by atomic mass is 9.96. The summed E-state index contributed by atoms with van der Waals surface area (Å²) in [5.41, 5.74) is 2.78. The molecule has 0 spiro atoms. The highest BCUT2D eigenvalue weighted by molar-refractivity contribution is 5.97. The van der Waals surface area contributed by atoms with E-state index < -0.39 is 0 Å². The van der Waals surface area contributed by atoms with E-state index in [1.165, 1.54) is 17.5 Å². The summed E-state index contributed by atoms with van der Waals surface area (Å²) < 4.78 is 0. The van der Waals surface area contributed by atoms with Crippen LogP contribution in [0.1, 0.15) is 36.4 Å². The van der Waals surface area contributed by atoms with Crippen molar-refractivity contribution in [3.63, 3.8) is 0 Å². The van der Waals surface area contributed by atoms with Crippen LogP contribution < -0.4 is 0 Å². The summed E-state index contributed by atoms with van der Waals surface area (Å²) in [5, 5.41) is 9.59. The molecule has 2 aromatic carbocycles. The van der Waals surface area contributed by atoms with Crippen molar-refractivity contribution >= 4 is 5.91 Å². The first-order chi connectivity index (χ1) is 15.3. The molecule has 0 atom stereocenters. The van der Waals surface area contributed by atoms with Crippen LogP contribution in [0.15, 0.2) is 72.4 Å². The fourth-order valence-electron chi connectivity index (χ4n) is 4.60. The molecule has 0 unspecified atom stereocenters. The van der Waals surface area contributed by atoms with Gasteiger partial charge in [-0.25, -0.2) is 0 Å². The number of piperazine rings is 1. The van der Waals surface area contributed by atoms with Crippen LogP contribution in [0.3, 0.4) is 0 Å². The Morgan fingerprint density at radius 3 is 1.87 bits per heavy atom. The number of nitriles is 1. The molecule has 5 nitrogen and oxygen atoms in total. The summed E-state index contributed by atoms with van der Waals surface area (Å²) in [4.78, 5) is 19.4. The number of carbonyl (C=O) groups excluding carboxylic acids is 1. The van der Waals surface area contributed by atoms with Crippen LogP contribution in [0.4, 0.5) is 0 Å². The van der Waals surface area contributed by atoms with Crippen molar-refractivity contribution in [2.75, 3.05) is 39.3 Å². The first kappa shape index (κ1) is 21.1. The van der Waals surface area contributed by atoms with Crippen LogP contribution in [0, 0.1) is 11.3 Å². The third-order valence-electron chi connectivity index (χ3n) is 6.25. The smallest absolute Gasteiger partial charge is 0.266 e. The number of carbonyl (C=O) groups is 1. The number of hydrogen-bond acceptors (Lipinski definition) is 4. The number of likely N-dealkylation sites (tertiary alicyclic amines) is 1. The quantitative estimate of drug-likeness (QED) is 0.551. The normalized spacial score (nSPS) is 18.1. The molecule has 2 aromatic rings. The first-order valence-electron chi connectivity index (χ1n) is 11.3. The fourth-order valence-corrected chi connectivity index (χ4v) is 4.60. The van der Waals surface area contributed by atoms with Gasteiger partial charge < -0.3 is 9.80 Å². The van der Waals surface area contributed by atoms with Gasteiger partial charge in [-0.05, 0) is 30.4 Å². The minimum absolute atomic E-state index is 0.135. The fraction of sp³-hybridized carbons (Fsp3) is 0.385. The molecule has 0 radical (unpaired) electrons. The van der Waals surface area contributed by atoms with Crippen molar-refractivity contribution in [1.29, 1.82) is 5.26 Å². The Morgan fingerprint density at radius 1 is 0.806 bits per heavy atom. The molecule has 1 amide bonds. The number of piperidine rings is 1. The summed E-state index contributed by atoms with van der Waals surface area (Å²) in [6.07, 6.45) is 5.27. The Morgan fingerprint density at radius 2 is 1.35 bits per heavy atom. The molecule has 2 heterocycles. The standard InChI is InChI=1S/C26H30N4O/c27-20-24(21-28-14-8-3-9-15-28)26(31)30-18-16-29(17-19-30)25(22-10-4-1-5-11-22)23-12-6-2-7-13-23/h1-2,4-7,10-13,21,25H,3,8-9,14-19H2/b24-21-. The van der Waals surface area contributed by atoms with E-state index in [-0.39, 0.29) is 17.5 Å². The second-order valence-electron chi connectivity index (χ2n) is 8.30. The summed E-state index contributed by atoms with van der Waals surface area (Å²) in [5.74, 6) is -0.135. The van der Waals surface area contributed by atoms with Crippen molar-refractivity contribution in [3.8, 4) is 6.07 Å². The second kappa shape index (κ2) is 10.3. The van der Waals surface area contributed by atoms with E-state index >= 15 is 0 Å². The molecule has 0 bridgehead atoms. The first-order valence-corrected chi connectivity index (χ1v) is 11.3. The third-order valence-corrected chi connectivity index (χ3v) is 6.25. The zero-order valence-corrected chi connectivity index (χ0v) is 18.0. The number of nitrogens with zero attached hydrogens (tertiary/aromatic N) is 4. The van der Waals surface area contributed by atoms with Crippen molar-refractivity contribution in [3.05, 3.63) is 83.6 Å². The maximum atomic E-state index is 13.0. The Kier molecular flexibility index (Phi) is 7.01. The molecule has 0 N–H and O–H groups in total. The number of rotatable bonds is 5. The lowest BCUT2D eigenvalue weighted by Gasteiger charge is -2.39. The van der Waals surface area contributed by atoms with E-state index in [1.54, 1.807) is 6.20 Å². The summed E-state index contributed by atoms with van der Waals surface area (Å²) >= 11 is 0. The van der Waals surface area contributed by atoms with Gasteiger partial charge in [-0.15, -0.1) is 0 Å².